The molecule has 78 valence electrons. The Morgan fingerprint density at radius 2 is 2.14 bits per heavy atom. The zero-order chi connectivity index (χ0) is 10.7. The van der Waals surface area contributed by atoms with Crippen molar-refractivity contribution in [2.75, 3.05) is 11.1 Å². The van der Waals surface area contributed by atoms with Crippen LogP contribution in [0.4, 0.5) is 11.6 Å². The number of anilines is 2. The van der Waals surface area contributed by atoms with Crippen LogP contribution in [-0.2, 0) is 0 Å². The molecule has 0 aromatic carbocycles. The van der Waals surface area contributed by atoms with Crippen molar-refractivity contribution >= 4 is 35.9 Å². The maximum absolute atomic E-state index is 5.65. The maximum atomic E-state index is 5.65. The van der Waals surface area contributed by atoms with Crippen molar-refractivity contribution in [2.24, 2.45) is 5.92 Å². The molecule has 0 aliphatic heterocycles. The van der Waals surface area contributed by atoms with E-state index in [1.165, 1.54) is 0 Å². The topological polar surface area (TPSA) is 63.8 Å². The van der Waals surface area contributed by atoms with Crippen LogP contribution < -0.4 is 11.1 Å². The molecule has 0 fully saturated rings. The molecule has 1 rings (SSSR count). The molecule has 0 radical (unpaired) electrons. The van der Waals surface area contributed by atoms with Gasteiger partial charge in [0.1, 0.15) is 11.6 Å². The van der Waals surface area contributed by atoms with Crippen LogP contribution >= 0.6 is 24.2 Å². The largest absolute Gasteiger partial charge is 0.383 e. The van der Waals surface area contributed by atoms with Crippen molar-refractivity contribution in [3.05, 3.63) is 11.3 Å². The molecule has 0 aliphatic carbocycles. The number of nitrogens with zero attached hydrogens (tertiary/aromatic N) is 2. The van der Waals surface area contributed by atoms with Crippen LogP contribution in [0.2, 0.25) is 5.28 Å². The van der Waals surface area contributed by atoms with E-state index in [0.29, 0.717) is 17.6 Å². The Morgan fingerprint density at radius 3 is 2.64 bits per heavy atom. The third-order valence-corrected chi connectivity index (χ3v) is 2.54. The molecule has 1 aromatic rings. The quantitative estimate of drug-likeness (QED) is 0.424. The van der Waals surface area contributed by atoms with Crippen molar-refractivity contribution in [3.8, 4) is 0 Å². The minimum Gasteiger partial charge on any atom is -0.383 e. The van der Waals surface area contributed by atoms with Crippen molar-refractivity contribution in [3.63, 3.8) is 0 Å². The first-order valence-electron chi connectivity index (χ1n) is 4.23. The van der Waals surface area contributed by atoms with E-state index in [-0.39, 0.29) is 10.7 Å². The Bertz CT molecular complexity index is 298. The minimum atomic E-state index is 0.0142. The number of nitrogens with two attached hydrogens (primary N) is 1. The Morgan fingerprint density at radius 1 is 1.50 bits per heavy atom. The predicted octanol–water partition coefficient (Wildman–Crippen LogP) is 2.04. The summed E-state index contributed by atoms with van der Waals surface area (Å²) in [6.07, 6.45) is 0. The van der Waals surface area contributed by atoms with Gasteiger partial charge < -0.3 is 11.1 Å². The Hall–Kier alpha value is -0.680. The zero-order valence-electron chi connectivity index (χ0n) is 8.03. The van der Waals surface area contributed by atoms with Gasteiger partial charge in [-0.3, -0.25) is 0 Å². The van der Waals surface area contributed by atoms with Crippen LogP contribution in [0.3, 0.4) is 0 Å². The first-order valence-corrected chi connectivity index (χ1v) is 5.13. The summed E-state index contributed by atoms with van der Waals surface area (Å²) in [5.41, 5.74) is 5.51. The smallest absolute Gasteiger partial charge is 0.226 e. The van der Waals surface area contributed by atoms with Gasteiger partial charge in [-0.1, -0.05) is 13.8 Å². The fourth-order valence-electron chi connectivity index (χ4n) is 0.828. The third kappa shape index (κ3) is 3.23. The second-order valence-electron chi connectivity index (χ2n) is 3.28. The second kappa shape index (κ2) is 4.70. The molecule has 0 saturated carbocycles. The molecule has 4 nitrogen and oxygen atoms in total. The Balaban J connectivity index is 2.76. The monoisotopic (exact) mass is 232 g/mol. The van der Waals surface area contributed by atoms with Gasteiger partial charge in [0.05, 0.1) is 5.37 Å². The molecule has 1 aromatic heterocycles. The number of nitrogens with one attached hydrogen (secondary N) is 1. The molecule has 3 N–H and O–H groups in total. The van der Waals surface area contributed by atoms with Crippen LogP contribution in [0.25, 0.3) is 0 Å². The van der Waals surface area contributed by atoms with Crippen molar-refractivity contribution < 1.29 is 0 Å². The molecule has 1 unspecified atom stereocenters. The number of nitrogen functional groups attached to an aromatic ring is 1. The summed E-state index contributed by atoms with van der Waals surface area (Å²) in [5.74, 6) is 1.32. The van der Waals surface area contributed by atoms with Gasteiger partial charge in [0.15, 0.2) is 0 Å². The van der Waals surface area contributed by atoms with Crippen LogP contribution in [-0.4, -0.2) is 15.3 Å². The molecule has 6 heteroatoms. The highest BCUT2D eigenvalue weighted by molar-refractivity contribution is 7.81. The first-order chi connectivity index (χ1) is 6.49. The molecule has 1 heterocycles. The van der Waals surface area contributed by atoms with Gasteiger partial charge in [0, 0.05) is 6.07 Å². The van der Waals surface area contributed by atoms with Gasteiger partial charge in [-0.25, -0.2) is 9.97 Å². The lowest BCUT2D eigenvalue weighted by Gasteiger charge is -2.17. The maximum Gasteiger partial charge on any atom is 0.226 e. The highest BCUT2D eigenvalue weighted by atomic mass is 35.5. The van der Waals surface area contributed by atoms with Crippen LogP contribution in [0.15, 0.2) is 6.07 Å². The summed E-state index contributed by atoms with van der Waals surface area (Å²) in [7, 11) is 0. The number of rotatable bonds is 3. The molecule has 0 saturated heterocycles. The third-order valence-electron chi connectivity index (χ3n) is 1.65. The van der Waals surface area contributed by atoms with Gasteiger partial charge in [0.2, 0.25) is 5.28 Å². The van der Waals surface area contributed by atoms with E-state index >= 15 is 0 Å². The average Bonchev–Trinajstić information content (AvgIpc) is 2.01. The molecule has 14 heavy (non-hydrogen) atoms. The van der Waals surface area contributed by atoms with E-state index in [1.54, 1.807) is 6.07 Å². The van der Waals surface area contributed by atoms with Gasteiger partial charge in [-0.2, -0.15) is 12.6 Å². The number of halogens is 1. The molecule has 1 atom stereocenters. The van der Waals surface area contributed by atoms with Crippen molar-refractivity contribution in [1.82, 2.24) is 9.97 Å². The molecule has 0 aliphatic rings. The van der Waals surface area contributed by atoms with E-state index in [2.05, 4.69) is 41.8 Å². The SMILES string of the molecule is CC(C)C(S)Nc1cc(N)nc(Cl)n1. The lowest BCUT2D eigenvalue weighted by atomic mass is 10.2. The van der Waals surface area contributed by atoms with Gasteiger partial charge >= 0.3 is 0 Å². The normalized spacial score (nSPS) is 12.9. The van der Waals surface area contributed by atoms with E-state index in [0.717, 1.165) is 0 Å². The zero-order valence-corrected chi connectivity index (χ0v) is 9.68. The van der Waals surface area contributed by atoms with Gasteiger partial charge in [-0.05, 0) is 17.5 Å². The molecular formula is C8H13ClN4S. The Kier molecular flexibility index (Phi) is 3.83. The highest BCUT2D eigenvalue weighted by Crippen LogP contribution is 2.16. The fraction of sp³-hybridized carbons (Fsp3) is 0.500. The fourth-order valence-corrected chi connectivity index (χ4v) is 1.15. The lowest BCUT2D eigenvalue weighted by molar-refractivity contribution is 0.652. The van der Waals surface area contributed by atoms with E-state index in [9.17, 15) is 0 Å². The summed E-state index contributed by atoms with van der Waals surface area (Å²) < 4.78 is 0. The molecule has 0 bridgehead atoms. The average molecular weight is 233 g/mol. The molecule has 0 amide bonds. The predicted molar refractivity (Wildman–Crippen MR) is 62.7 cm³/mol. The van der Waals surface area contributed by atoms with Crippen molar-refractivity contribution in [2.45, 2.75) is 19.2 Å². The van der Waals surface area contributed by atoms with Crippen LogP contribution in [0.1, 0.15) is 13.8 Å². The minimum absolute atomic E-state index is 0.0142. The number of aromatic nitrogens is 2. The summed E-state index contributed by atoms with van der Waals surface area (Å²) in [5, 5.41) is 3.22. The standard InChI is InChI=1S/C8H13ClN4S/c1-4(2)7(14)12-6-3-5(10)11-8(9)13-6/h3-4,7,14H,1-2H3,(H3,10,11,12,13). The number of thiol groups is 1. The first kappa shape index (κ1) is 11.4. The summed E-state index contributed by atoms with van der Waals surface area (Å²) in [6.45, 7) is 4.10. The number of hydrogen-bond acceptors (Lipinski definition) is 5. The number of hydrogen-bond donors (Lipinski definition) is 3. The van der Waals surface area contributed by atoms with Gasteiger partial charge in [0.25, 0.3) is 0 Å². The molecule has 0 spiro atoms. The van der Waals surface area contributed by atoms with E-state index in [4.69, 9.17) is 17.3 Å². The van der Waals surface area contributed by atoms with Gasteiger partial charge in [-0.15, -0.1) is 0 Å². The van der Waals surface area contributed by atoms with E-state index < -0.39 is 0 Å². The lowest BCUT2D eigenvalue weighted by Crippen LogP contribution is -2.19. The van der Waals surface area contributed by atoms with E-state index in [1.807, 2.05) is 0 Å². The summed E-state index contributed by atoms with van der Waals surface area (Å²) in [6, 6.07) is 1.62. The second-order valence-corrected chi connectivity index (χ2v) is 4.17. The molecular weight excluding hydrogens is 220 g/mol. The summed E-state index contributed by atoms with van der Waals surface area (Å²) >= 11 is 10.00. The van der Waals surface area contributed by atoms with Crippen LogP contribution in [0.5, 0.6) is 0 Å². The summed E-state index contributed by atoms with van der Waals surface area (Å²) in [4.78, 5) is 7.72. The van der Waals surface area contributed by atoms with Crippen LogP contribution in [0, 0.1) is 5.92 Å². The highest BCUT2D eigenvalue weighted by Gasteiger charge is 2.09. The Labute approximate surface area is 93.7 Å². The van der Waals surface area contributed by atoms with Crippen molar-refractivity contribution in [1.29, 1.82) is 0 Å².